The zero-order valence-electron chi connectivity index (χ0n) is 9.80. The number of rotatable bonds is 2. The summed E-state index contributed by atoms with van der Waals surface area (Å²) in [7, 11) is 0. The van der Waals surface area contributed by atoms with E-state index in [1.54, 1.807) is 18.5 Å². The Morgan fingerprint density at radius 3 is 2.89 bits per heavy atom. The SMILES string of the molecule is C(=N\c1ccn[nH]1)/c1ccc2c(c1)OCCCO2. The maximum absolute atomic E-state index is 5.62. The van der Waals surface area contributed by atoms with E-state index < -0.39 is 0 Å². The molecule has 2 aromatic rings. The number of aromatic amines is 1. The predicted octanol–water partition coefficient (Wildman–Crippen LogP) is 2.32. The maximum Gasteiger partial charge on any atom is 0.161 e. The molecule has 5 heteroatoms. The minimum absolute atomic E-state index is 0.689. The highest BCUT2D eigenvalue weighted by Gasteiger charge is 2.09. The molecule has 0 unspecified atom stereocenters. The summed E-state index contributed by atoms with van der Waals surface area (Å²) in [5.41, 5.74) is 0.967. The van der Waals surface area contributed by atoms with Gasteiger partial charge in [0.1, 0.15) is 5.82 Å². The predicted molar refractivity (Wildman–Crippen MR) is 67.9 cm³/mol. The zero-order valence-corrected chi connectivity index (χ0v) is 9.80. The monoisotopic (exact) mass is 243 g/mol. The Balaban J connectivity index is 1.83. The molecule has 1 aromatic carbocycles. The third-order valence-electron chi connectivity index (χ3n) is 2.61. The summed E-state index contributed by atoms with van der Waals surface area (Å²) in [6.07, 6.45) is 4.34. The lowest BCUT2D eigenvalue weighted by Gasteiger charge is -2.06. The third kappa shape index (κ3) is 2.34. The van der Waals surface area contributed by atoms with E-state index in [-0.39, 0.29) is 0 Å². The third-order valence-corrected chi connectivity index (χ3v) is 2.61. The molecule has 0 aliphatic carbocycles. The lowest BCUT2D eigenvalue weighted by atomic mass is 10.2. The first-order chi connectivity index (χ1) is 8.92. The van der Waals surface area contributed by atoms with Crippen molar-refractivity contribution in [3.05, 3.63) is 36.0 Å². The summed E-state index contributed by atoms with van der Waals surface area (Å²) >= 11 is 0. The summed E-state index contributed by atoms with van der Waals surface area (Å²) in [4.78, 5) is 4.27. The van der Waals surface area contributed by atoms with E-state index in [0.717, 1.165) is 29.3 Å². The lowest BCUT2D eigenvalue weighted by Crippen LogP contribution is -1.97. The summed E-state index contributed by atoms with van der Waals surface area (Å²) in [5, 5.41) is 6.61. The van der Waals surface area contributed by atoms with Crippen molar-refractivity contribution < 1.29 is 9.47 Å². The number of aromatic nitrogens is 2. The van der Waals surface area contributed by atoms with Crippen LogP contribution < -0.4 is 9.47 Å². The summed E-state index contributed by atoms with van der Waals surface area (Å²) in [6, 6.07) is 7.60. The van der Waals surface area contributed by atoms with Crippen LogP contribution in [0, 0.1) is 0 Å². The van der Waals surface area contributed by atoms with Gasteiger partial charge in [-0.05, 0) is 23.8 Å². The molecule has 1 aromatic heterocycles. The Morgan fingerprint density at radius 2 is 2.06 bits per heavy atom. The van der Waals surface area contributed by atoms with Crippen LogP contribution in [0.25, 0.3) is 0 Å². The average molecular weight is 243 g/mol. The Hall–Kier alpha value is -2.30. The number of benzene rings is 1. The van der Waals surface area contributed by atoms with Crippen molar-refractivity contribution >= 4 is 12.0 Å². The molecule has 2 heterocycles. The molecule has 0 atom stereocenters. The Bertz CT molecular complexity index is 549. The fourth-order valence-electron chi connectivity index (χ4n) is 1.72. The average Bonchev–Trinajstić information content (AvgIpc) is 2.80. The molecule has 5 nitrogen and oxygen atoms in total. The quantitative estimate of drug-likeness (QED) is 0.823. The standard InChI is InChI=1S/C13H13N3O2/c1-6-17-11-3-2-10(8-12(11)18-7-1)9-14-13-4-5-15-16-13/h2-5,8-9H,1,6-7H2,(H,15,16)/b14-9+. The van der Waals surface area contributed by atoms with Crippen molar-refractivity contribution in [3.8, 4) is 11.5 Å². The topological polar surface area (TPSA) is 59.5 Å². The van der Waals surface area contributed by atoms with Crippen molar-refractivity contribution in [2.75, 3.05) is 13.2 Å². The smallest absolute Gasteiger partial charge is 0.161 e. The second-order valence-electron chi connectivity index (χ2n) is 3.96. The van der Waals surface area contributed by atoms with Crippen molar-refractivity contribution in [1.29, 1.82) is 0 Å². The molecule has 1 aliphatic rings. The molecule has 92 valence electrons. The molecule has 0 spiro atoms. The van der Waals surface area contributed by atoms with Crippen LogP contribution in [-0.4, -0.2) is 29.6 Å². The molecule has 0 saturated heterocycles. The van der Waals surface area contributed by atoms with Gasteiger partial charge >= 0.3 is 0 Å². The van der Waals surface area contributed by atoms with Crippen molar-refractivity contribution in [3.63, 3.8) is 0 Å². The van der Waals surface area contributed by atoms with Crippen molar-refractivity contribution in [2.45, 2.75) is 6.42 Å². The van der Waals surface area contributed by atoms with E-state index in [1.165, 1.54) is 0 Å². The molecular formula is C13H13N3O2. The van der Waals surface area contributed by atoms with E-state index in [4.69, 9.17) is 9.47 Å². The van der Waals surface area contributed by atoms with Gasteiger partial charge in [0.15, 0.2) is 11.5 Å². The van der Waals surface area contributed by atoms with Crippen LogP contribution >= 0.6 is 0 Å². The van der Waals surface area contributed by atoms with Crippen LogP contribution in [0.15, 0.2) is 35.5 Å². The van der Waals surface area contributed by atoms with Gasteiger partial charge in [0.25, 0.3) is 0 Å². The van der Waals surface area contributed by atoms with Crippen LogP contribution in [0.1, 0.15) is 12.0 Å². The second-order valence-corrected chi connectivity index (χ2v) is 3.96. The molecule has 0 fully saturated rings. The number of aliphatic imine (C=N–C) groups is 1. The number of hydrogen-bond donors (Lipinski definition) is 1. The first-order valence-electron chi connectivity index (χ1n) is 5.85. The van der Waals surface area contributed by atoms with Gasteiger partial charge in [-0.1, -0.05) is 0 Å². The van der Waals surface area contributed by atoms with Crippen molar-refractivity contribution in [1.82, 2.24) is 10.2 Å². The van der Waals surface area contributed by atoms with Gasteiger partial charge in [-0.3, -0.25) is 5.10 Å². The van der Waals surface area contributed by atoms with Crippen LogP contribution in [-0.2, 0) is 0 Å². The van der Waals surface area contributed by atoms with Gasteiger partial charge < -0.3 is 9.47 Å². The summed E-state index contributed by atoms with van der Waals surface area (Å²) < 4.78 is 11.2. The molecule has 1 N–H and O–H groups in total. The maximum atomic E-state index is 5.62. The Morgan fingerprint density at radius 1 is 1.17 bits per heavy atom. The van der Waals surface area contributed by atoms with E-state index in [9.17, 15) is 0 Å². The van der Waals surface area contributed by atoms with Gasteiger partial charge in [-0.2, -0.15) is 5.10 Å². The lowest BCUT2D eigenvalue weighted by molar-refractivity contribution is 0.297. The number of fused-ring (bicyclic) bond motifs is 1. The van der Waals surface area contributed by atoms with Gasteiger partial charge in [0, 0.05) is 18.7 Å². The number of hydrogen-bond acceptors (Lipinski definition) is 4. The zero-order chi connectivity index (χ0) is 12.2. The molecule has 1 aliphatic heterocycles. The first-order valence-corrected chi connectivity index (χ1v) is 5.85. The molecule has 18 heavy (non-hydrogen) atoms. The van der Waals surface area contributed by atoms with E-state index in [0.29, 0.717) is 13.2 Å². The largest absolute Gasteiger partial charge is 0.490 e. The van der Waals surface area contributed by atoms with E-state index in [1.807, 2.05) is 18.2 Å². The number of nitrogens with zero attached hydrogens (tertiary/aromatic N) is 2. The summed E-state index contributed by atoms with van der Waals surface area (Å²) in [5.74, 6) is 2.30. The fourth-order valence-corrected chi connectivity index (χ4v) is 1.72. The van der Waals surface area contributed by atoms with Crippen LogP contribution in [0.3, 0.4) is 0 Å². The summed E-state index contributed by atoms with van der Waals surface area (Å²) in [6.45, 7) is 1.39. The highest BCUT2D eigenvalue weighted by Crippen LogP contribution is 2.29. The van der Waals surface area contributed by atoms with Gasteiger partial charge in [0.05, 0.1) is 19.4 Å². The highest BCUT2D eigenvalue weighted by atomic mass is 16.5. The molecule has 0 bridgehead atoms. The Kier molecular flexibility index (Phi) is 2.96. The van der Waals surface area contributed by atoms with Gasteiger partial charge in [0.2, 0.25) is 0 Å². The minimum Gasteiger partial charge on any atom is -0.490 e. The second kappa shape index (κ2) is 4.91. The molecule has 0 amide bonds. The highest BCUT2D eigenvalue weighted by molar-refractivity contribution is 5.82. The van der Waals surface area contributed by atoms with E-state index in [2.05, 4.69) is 15.2 Å². The molecule has 0 saturated carbocycles. The number of ether oxygens (including phenoxy) is 2. The minimum atomic E-state index is 0.689. The van der Waals surface area contributed by atoms with Crippen LogP contribution in [0.5, 0.6) is 11.5 Å². The number of nitrogens with one attached hydrogen (secondary N) is 1. The first kappa shape index (κ1) is 10.8. The van der Waals surface area contributed by atoms with E-state index >= 15 is 0 Å². The molecular weight excluding hydrogens is 230 g/mol. The fraction of sp³-hybridized carbons (Fsp3) is 0.231. The Labute approximate surface area is 104 Å². The molecule has 3 rings (SSSR count). The van der Waals surface area contributed by atoms with Crippen LogP contribution in [0.2, 0.25) is 0 Å². The van der Waals surface area contributed by atoms with Crippen molar-refractivity contribution in [2.24, 2.45) is 4.99 Å². The normalized spacial score (nSPS) is 14.7. The number of H-pyrrole nitrogens is 1. The van der Waals surface area contributed by atoms with Gasteiger partial charge in [-0.15, -0.1) is 0 Å². The van der Waals surface area contributed by atoms with Gasteiger partial charge in [-0.25, -0.2) is 4.99 Å². The van der Waals surface area contributed by atoms with Crippen LogP contribution in [0.4, 0.5) is 5.82 Å². The molecule has 0 radical (unpaired) electrons.